The molecule has 0 atom stereocenters. The lowest BCUT2D eigenvalue weighted by atomic mass is 10.1. The summed E-state index contributed by atoms with van der Waals surface area (Å²) in [6.45, 7) is -0.281. The molecule has 0 aliphatic rings. The zero-order chi connectivity index (χ0) is 15.5. The van der Waals surface area contributed by atoms with E-state index in [-0.39, 0.29) is 19.0 Å². The highest BCUT2D eigenvalue weighted by Gasteiger charge is 2.09. The topological polar surface area (TPSA) is 87.1 Å². The molecule has 2 heterocycles. The van der Waals surface area contributed by atoms with E-state index < -0.39 is 5.97 Å². The number of hydrogen-bond donors (Lipinski definition) is 3. The van der Waals surface area contributed by atoms with E-state index in [1.54, 1.807) is 4.57 Å². The first-order valence-electron chi connectivity index (χ1n) is 6.84. The Labute approximate surface area is 126 Å². The van der Waals surface area contributed by atoms with Crippen LogP contribution in [0.4, 0.5) is 0 Å². The van der Waals surface area contributed by atoms with Gasteiger partial charge in [-0.15, -0.1) is 0 Å². The molecule has 0 aliphatic carbocycles. The fourth-order valence-corrected chi connectivity index (χ4v) is 2.38. The molecule has 3 N–H and O–H groups in total. The predicted octanol–water partition coefficient (Wildman–Crippen LogP) is 1.84. The number of rotatable bonds is 5. The highest BCUT2D eigenvalue weighted by atomic mass is 16.4. The summed E-state index contributed by atoms with van der Waals surface area (Å²) in [5, 5.41) is 12.0. The Bertz CT molecular complexity index is 818. The van der Waals surface area contributed by atoms with Gasteiger partial charge in [0.2, 0.25) is 5.91 Å². The van der Waals surface area contributed by atoms with E-state index in [9.17, 15) is 9.59 Å². The SMILES string of the molecule is O=C(O)CNC(=O)Cn1ccc2ccc(-c3ccc[nH]3)cc21. The minimum atomic E-state index is -1.06. The molecule has 1 aromatic carbocycles. The molecule has 2 aromatic heterocycles. The van der Waals surface area contributed by atoms with Crippen LogP contribution in [0.3, 0.4) is 0 Å². The summed E-state index contributed by atoms with van der Waals surface area (Å²) in [5.74, 6) is -1.38. The summed E-state index contributed by atoms with van der Waals surface area (Å²) < 4.78 is 1.80. The lowest BCUT2D eigenvalue weighted by Gasteiger charge is -2.07. The van der Waals surface area contributed by atoms with Gasteiger partial charge in [0.15, 0.2) is 0 Å². The van der Waals surface area contributed by atoms with Gasteiger partial charge in [-0.3, -0.25) is 9.59 Å². The highest BCUT2D eigenvalue weighted by molar-refractivity contribution is 5.87. The van der Waals surface area contributed by atoms with Gasteiger partial charge in [-0.25, -0.2) is 0 Å². The van der Waals surface area contributed by atoms with Crippen molar-refractivity contribution in [2.75, 3.05) is 6.54 Å². The zero-order valence-electron chi connectivity index (χ0n) is 11.7. The van der Waals surface area contributed by atoms with E-state index in [1.807, 2.05) is 48.8 Å². The third kappa shape index (κ3) is 2.85. The predicted molar refractivity (Wildman–Crippen MR) is 82.4 cm³/mol. The summed E-state index contributed by atoms with van der Waals surface area (Å²) in [6, 6.07) is 11.9. The third-order valence-corrected chi connectivity index (χ3v) is 3.43. The molecular formula is C16H15N3O3. The number of nitrogens with zero attached hydrogens (tertiary/aromatic N) is 1. The first-order valence-corrected chi connectivity index (χ1v) is 6.84. The average molecular weight is 297 g/mol. The van der Waals surface area contributed by atoms with Crippen LogP contribution in [0.2, 0.25) is 0 Å². The van der Waals surface area contributed by atoms with Crippen LogP contribution in [-0.4, -0.2) is 33.1 Å². The van der Waals surface area contributed by atoms with Gasteiger partial charge in [0.05, 0.1) is 0 Å². The average Bonchev–Trinajstić information content (AvgIpc) is 3.15. The third-order valence-electron chi connectivity index (χ3n) is 3.43. The van der Waals surface area contributed by atoms with Crippen LogP contribution in [0.1, 0.15) is 0 Å². The van der Waals surface area contributed by atoms with Crippen LogP contribution in [0.15, 0.2) is 48.8 Å². The maximum absolute atomic E-state index is 11.8. The largest absolute Gasteiger partial charge is 0.480 e. The van der Waals surface area contributed by atoms with Crippen LogP contribution >= 0.6 is 0 Å². The molecule has 0 saturated heterocycles. The van der Waals surface area contributed by atoms with Gasteiger partial charge in [-0.05, 0) is 29.7 Å². The summed E-state index contributed by atoms with van der Waals surface area (Å²) >= 11 is 0. The van der Waals surface area contributed by atoms with Crippen LogP contribution in [0.5, 0.6) is 0 Å². The second kappa shape index (κ2) is 5.77. The molecule has 112 valence electrons. The lowest BCUT2D eigenvalue weighted by molar-refractivity contribution is -0.138. The van der Waals surface area contributed by atoms with E-state index in [4.69, 9.17) is 5.11 Å². The first-order chi connectivity index (χ1) is 10.6. The summed E-state index contributed by atoms with van der Waals surface area (Å²) in [7, 11) is 0. The molecule has 1 amide bonds. The van der Waals surface area contributed by atoms with Gasteiger partial charge in [0, 0.05) is 29.2 Å². The van der Waals surface area contributed by atoms with Crippen LogP contribution in [0.25, 0.3) is 22.2 Å². The second-order valence-corrected chi connectivity index (χ2v) is 4.97. The zero-order valence-corrected chi connectivity index (χ0v) is 11.7. The smallest absolute Gasteiger partial charge is 0.322 e. The van der Waals surface area contributed by atoms with Crippen LogP contribution < -0.4 is 5.32 Å². The molecule has 0 aliphatic heterocycles. The molecule has 6 heteroatoms. The number of carbonyl (C=O) groups excluding carboxylic acids is 1. The number of benzene rings is 1. The van der Waals surface area contributed by atoms with Crippen molar-refractivity contribution in [1.29, 1.82) is 0 Å². The Balaban J connectivity index is 1.85. The van der Waals surface area contributed by atoms with E-state index >= 15 is 0 Å². The summed E-state index contributed by atoms with van der Waals surface area (Å²) in [5.41, 5.74) is 2.96. The number of fused-ring (bicyclic) bond motifs is 1. The molecule has 0 fully saturated rings. The Morgan fingerprint density at radius 3 is 2.82 bits per heavy atom. The molecule has 3 aromatic rings. The summed E-state index contributed by atoms with van der Waals surface area (Å²) in [6.07, 6.45) is 3.68. The number of carboxylic acids is 1. The molecule has 0 bridgehead atoms. The van der Waals surface area contributed by atoms with Crippen molar-refractivity contribution in [3.63, 3.8) is 0 Å². The number of aliphatic carboxylic acids is 1. The van der Waals surface area contributed by atoms with Crippen molar-refractivity contribution in [3.8, 4) is 11.3 Å². The fourth-order valence-electron chi connectivity index (χ4n) is 2.38. The Kier molecular flexibility index (Phi) is 3.65. The van der Waals surface area contributed by atoms with Gasteiger partial charge in [0.1, 0.15) is 13.1 Å². The standard InChI is InChI=1S/C16H15N3O3/c20-15(18-9-16(21)22)10-19-7-5-11-3-4-12(8-14(11)19)13-2-1-6-17-13/h1-8,17H,9-10H2,(H,18,20)(H,21,22). The number of H-pyrrole nitrogens is 1. The van der Waals surface area contributed by atoms with Gasteiger partial charge in [-0.2, -0.15) is 0 Å². The highest BCUT2D eigenvalue weighted by Crippen LogP contribution is 2.24. The van der Waals surface area contributed by atoms with E-state index in [1.165, 1.54) is 0 Å². The Morgan fingerprint density at radius 1 is 1.23 bits per heavy atom. The minimum absolute atomic E-state index is 0.0883. The molecule has 3 rings (SSSR count). The number of nitrogens with one attached hydrogen (secondary N) is 2. The fraction of sp³-hybridized carbons (Fsp3) is 0.125. The quantitative estimate of drug-likeness (QED) is 0.671. The number of carboxylic acid groups (broad SMARTS) is 1. The van der Waals surface area contributed by atoms with Gasteiger partial charge < -0.3 is 20.0 Å². The molecule has 6 nitrogen and oxygen atoms in total. The molecule has 22 heavy (non-hydrogen) atoms. The monoisotopic (exact) mass is 297 g/mol. The molecule has 0 spiro atoms. The Morgan fingerprint density at radius 2 is 2.09 bits per heavy atom. The molecular weight excluding hydrogens is 282 g/mol. The minimum Gasteiger partial charge on any atom is -0.480 e. The van der Waals surface area contributed by atoms with Crippen LogP contribution in [-0.2, 0) is 16.1 Å². The normalized spacial score (nSPS) is 10.7. The van der Waals surface area contributed by atoms with Crippen molar-refractivity contribution in [2.24, 2.45) is 0 Å². The number of hydrogen-bond acceptors (Lipinski definition) is 2. The Hall–Kier alpha value is -3.02. The van der Waals surface area contributed by atoms with Gasteiger partial charge in [-0.1, -0.05) is 12.1 Å². The number of aromatic nitrogens is 2. The van der Waals surface area contributed by atoms with Crippen molar-refractivity contribution in [2.45, 2.75) is 6.54 Å². The van der Waals surface area contributed by atoms with Crippen LogP contribution in [0, 0.1) is 0 Å². The lowest BCUT2D eigenvalue weighted by Crippen LogP contribution is -2.31. The maximum atomic E-state index is 11.8. The van der Waals surface area contributed by atoms with E-state index in [2.05, 4.69) is 10.3 Å². The van der Waals surface area contributed by atoms with Crippen molar-refractivity contribution < 1.29 is 14.7 Å². The van der Waals surface area contributed by atoms with Crippen molar-refractivity contribution in [1.82, 2.24) is 14.9 Å². The van der Waals surface area contributed by atoms with Crippen molar-refractivity contribution in [3.05, 3.63) is 48.8 Å². The number of amides is 1. The van der Waals surface area contributed by atoms with Gasteiger partial charge >= 0.3 is 5.97 Å². The van der Waals surface area contributed by atoms with Gasteiger partial charge in [0.25, 0.3) is 0 Å². The van der Waals surface area contributed by atoms with E-state index in [0.717, 1.165) is 22.2 Å². The summed E-state index contributed by atoms with van der Waals surface area (Å²) in [4.78, 5) is 25.4. The molecule has 0 unspecified atom stereocenters. The second-order valence-electron chi connectivity index (χ2n) is 4.97. The molecule has 0 saturated carbocycles. The van der Waals surface area contributed by atoms with E-state index in [0.29, 0.717) is 0 Å². The first kappa shape index (κ1) is 13.9. The molecule has 0 radical (unpaired) electrons. The number of carbonyl (C=O) groups is 2. The number of aromatic amines is 1. The van der Waals surface area contributed by atoms with Crippen molar-refractivity contribution >= 4 is 22.8 Å². The maximum Gasteiger partial charge on any atom is 0.322 e.